The van der Waals surface area contributed by atoms with Gasteiger partial charge in [-0.3, -0.25) is 0 Å². The molecule has 0 aliphatic carbocycles. The zero-order chi connectivity index (χ0) is 7.72. The van der Waals surface area contributed by atoms with Crippen LogP contribution in [0, 0.1) is 0 Å². The summed E-state index contributed by atoms with van der Waals surface area (Å²) in [5.74, 6) is 0. The van der Waals surface area contributed by atoms with E-state index in [9.17, 15) is 0 Å². The quantitative estimate of drug-likeness (QED) is 0.660. The first-order chi connectivity index (χ1) is 4.63. The van der Waals surface area contributed by atoms with Crippen LogP contribution in [-0.4, -0.2) is 0 Å². The van der Waals surface area contributed by atoms with Crippen molar-refractivity contribution in [2.75, 3.05) is 11.5 Å². The van der Waals surface area contributed by atoms with Crippen molar-refractivity contribution in [1.82, 2.24) is 0 Å². The monoisotopic (exact) mass is 220 g/mol. The van der Waals surface area contributed by atoms with E-state index in [1.807, 2.05) is 0 Å². The van der Waals surface area contributed by atoms with E-state index in [0.29, 0.717) is 16.4 Å². The molecular formula is C6H6BrClN2. The van der Waals surface area contributed by atoms with E-state index in [1.165, 1.54) is 0 Å². The fourth-order valence-electron chi connectivity index (χ4n) is 0.583. The lowest BCUT2D eigenvalue weighted by molar-refractivity contribution is 1.62. The van der Waals surface area contributed by atoms with Gasteiger partial charge in [-0.1, -0.05) is 11.6 Å². The van der Waals surface area contributed by atoms with Crippen molar-refractivity contribution in [3.63, 3.8) is 0 Å². The summed E-state index contributed by atoms with van der Waals surface area (Å²) >= 11 is 8.88. The van der Waals surface area contributed by atoms with E-state index in [2.05, 4.69) is 15.9 Å². The standard InChI is InChI=1S/C6H6BrClN2/c7-3-1-2-4(8)6(10)5(3)9/h1-2H,9-10H2. The maximum Gasteiger partial charge on any atom is 0.0748 e. The predicted octanol–water partition coefficient (Wildman–Crippen LogP) is 2.27. The first-order valence-electron chi connectivity index (χ1n) is 2.62. The highest BCUT2D eigenvalue weighted by Gasteiger charge is 2.02. The zero-order valence-electron chi connectivity index (χ0n) is 5.07. The van der Waals surface area contributed by atoms with Crippen LogP contribution in [0.25, 0.3) is 0 Å². The van der Waals surface area contributed by atoms with Crippen LogP contribution >= 0.6 is 27.5 Å². The van der Waals surface area contributed by atoms with Gasteiger partial charge < -0.3 is 11.5 Å². The summed E-state index contributed by atoms with van der Waals surface area (Å²) in [6.45, 7) is 0. The van der Waals surface area contributed by atoms with Crippen LogP contribution in [0.1, 0.15) is 0 Å². The highest BCUT2D eigenvalue weighted by molar-refractivity contribution is 9.10. The second-order valence-electron chi connectivity index (χ2n) is 1.86. The maximum absolute atomic E-state index is 5.66. The van der Waals surface area contributed by atoms with Gasteiger partial charge in [0.05, 0.1) is 16.4 Å². The molecule has 2 nitrogen and oxygen atoms in total. The average molecular weight is 221 g/mol. The molecule has 0 saturated heterocycles. The molecule has 0 saturated carbocycles. The zero-order valence-corrected chi connectivity index (χ0v) is 7.41. The maximum atomic E-state index is 5.66. The second kappa shape index (κ2) is 2.68. The van der Waals surface area contributed by atoms with Gasteiger partial charge in [0.2, 0.25) is 0 Å². The molecule has 0 amide bonds. The molecule has 0 fully saturated rings. The van der Waals surface area contributed by atoms with Gasteiger partial charge in [-0.15, -0.1) is 0 Å². The molecule has 54 valence electrons. The number of nitrogen functional groups attached to an aromatic ring is 2. The molecule has 0 unspecified atom stereocenters. The summed E-state index contributed by atoms with van der Waals surface area (Å²) in [6.07, 6.45) is 0. The topological polar surface area (TPSA) is 52.0 Å². The van der Waals surface area contributed by atoms with E-state index < -0.39 is 0 Å². The molecular weight excluding hydrogens is 215 g/mol. The van der Waals surface area contributed by atoms with Gasteiger partial charge in [0, 0.05) is 4.47 Å². The molecule has 0 spiro atoms. The van der Waals surface area contributed by atoms with E-state index in [1.54, 1.807) is 12.1 Å². The van der Waals surface area contributed by atoms with E-state index in [4.69, 9.17) is 23.1 Å². The summed E-state index contributed by atoms with van der Waals surface area (Å²) in [5, 5.41) is 0.487. The second-order valence-corrected chi connectivity index (χ2v) is 3.12. The molecule has 0 radical (unpaired) electrons. The Bertz CT molecular complexity index is 235. The number of halogens is 2. The lowest BCUT2D eigenvalue weighted by Crippen LogP contribution is -1.95. The lowest BCUT2D eigenvalue weighted by Gasteiger charge is -2.02. The smallest absolute Gasteiger partial charge is 0.0748 e. The van der Waals surface area contributed by atoms with Crippen LogP contribution in [0.5, 0.6) is 0 Å². The number of anilines is 2. The molecule has 1 rings (SSSR count). The fourth-order valence-corrected chi connectivity index (χ4v) is 1.09. The van der Waals surface area contributed by atoms with Crippen LogP contribution in [0.15, 0.2) is 16.6 Å². The van der Waals surface area contributed by atoms with Gasteiger partial charge >= 0.3 is 0 Å². The van der Waals surface area contributed by atoms with Crippen molar-refractivity contribution in [2.24, 2.45) is 0 Å². The molecule has 0 aliphatic rings. The first-order valence-corrected chi connectivity index (χ1v) is 3.79. The number of hydrogen-bond acceptors (Lipinski definition) is 2. The highest BCUT2D eigenvalue weighted by atomic mass is 79.9. The molecule has 4 N–H and O–H groups in total. The minimum Gasteiger partial charge on any atom is -0.396 e. The normalized spacial score (nSPS) is 9.80. The molecule has 0 atom stereocenters. The van der Waals surface area contributed by atoms with Crippen molar-refractivity contribution in [2.45, 2.75) is 0 Å². The van der Waals surface area contributed by atoms with Gasteiger partial charge in [0.15, 0.2) is 0 Å². The Hall–Kier alpha value is -0.410. The minimum atomic E-state index is 0.427. The number of hydrogen-bond donors (Lipinski definition) is 2. The number of rotatable bonds is 0. The third-order valence-corrected chi connectivity index (χ3v) is 2.20. The molecule has 4 heteroatoms. The molecule has 0 bridgehead atoms. The van der Waals surface area contributed by atoms with Gasteiger partial charge in [0.1, 0.15) is 0 Å². The van der Waals surface area contributed by atoms with Crippen LogP contribution in [0.2, 0.25) is 5.02 Å². The highest BCUT2D eigenvalue weighted by Crippen LogP contribution is 2.31. The third-order valence-electron chi connectivity index (χ3n) is 1.18. The van der Waals surface area contributed by atoms with E-state index in [0.717, 1.165) is 4.47 Å². The molecule has 10 heavy (non-hydrogen) atoms. The van der Waals surface area contributed by atoms with Crippen LogP contribution in [0.3, 0.4) is 0 Å². The molecule has 1 aromatic carbocycles. The average Bonchev–Trinajstić information content (AvgIpc) is 1.93. The van der Waals surface area contributed by atoms with Crippen LogP contribution in [0.4, 0.5) is 11.4 Å². The number of nitrogens with two attached hydrogens (primary N) is 2. The number of benzene rings is 1. The Morgan fingerprint density at radius 1 is 1.20 bits per heavy atom. The summed E-state index contributed by atoms with van der Waals surface area (Å²) < 4.78 is 0.773. The Morgan fingerprint density at radius 3 is 2.30 bits per heavy atom. The van der Waals surface area contributed by atoms with Gasteiger partial charge in [-0.25, -0.2) is 0 Å². The van der Waals surface area contributed by atoms with E-state index in [-0.39, 0.29) is 0 Å². The van der Waals surface area contributed by atoms with Gasteiger partial charge in [-0.2, -0.15) is 0 Å². The van der Waals surface area contributed by atoms with Crippen molar-refractivity contribution >= 4 is 38.9 Å². The van der Waals surface area contributed by atoms with Crippen molar-refractivity contribution < 1.29 is 0 Å². The largest absolute Gasteiger partial charge is 0.396 e. The minimum absolute atomic E-state index is 0.427. The Morgan fingerprint density at radius 2 is 1.80 bits per heavy atom. The van der Waals surface area contributed by atoms with Crippen LogP contribution in [-0.2, 0) is 0 Å². The Kier molecular flexibility index (Phi) is 2.06. The third kappa shape index (κ3) is 1.20. The lowest BCUT2D eigenvalue weighted by atomic mass is 10.3. The molecule has 0 aromatic heterocycles. The summed E-state index contributed by atoms with van der Waals surface area (Å²) in [4.78, 5) is 0. The fraction of sp³-hybridized carbons (Fsp3) is 0. The summed E-state index contributed by atoms with van der Waals surface area (Å²) in [5.41, 5.74) is 11.9. The van der Waals surface area contributed by atoms with Gasteiger partial charge in [-0.05, 0) is 28.1 Å². The molecule has 0 heterocycles. The SMILES string of the molecule is Nc1c(Cl)ccc(Br)c1N. The van der Waals surface area contributed by atoms with Crippen molar-refractivity contribution in [3.05, 3.63) is 21.6 Å². The van der Waals surface area contributed by atoms with Gasteiger partial charge in [0.25, 0.3) is 0 Å². The Balaban J connectivity index is 3.34. The molecule has 1 aromatic rings. The molecule has 0 aliphatic heterocycles. The predicted molar refractivity (Wildman–Crippen MR) is 48.0 cm³/mol. The van der Waals surface area contributed by atoms with Crippen molar-refractivity contribution in [3.8, 4) is 0 Å². The summed E-state index contributed by atoms with van der Waals surface area (Å²) in [6, 6.07) is 3.45. The van der Waals surface area contributed by atoms with E-state index >= 15 is 0 Å². The first kappa shape index (κ1) is 7.69. The van der Waals surface area contributed by atoms with Crippen molar-refractivity contribution in [1.29, 1.82) is 0 Å². The Labute approximate surface area is 72.3 Å². The van der Waals surface area contributed by atoms with Crippen LogP contribution < -0.4 is 11.5 Å². The summed E-state index contributed by atoms with van der Waals surface area (Å²) in [7, 11) is 0.